The Labute approximate surface area is 161 Å². The van der Waals surface area contributed by atoms with Gasteiger partial charge in [-0.3, -0.25) is 5.10 Å². The monoisotopic (exact) mass is 387 g/mol. The highest BCUT2D eigenvalue weighted by atomic mass is 19.1. The molecule has 148 valence electrons. The van der Waals surface area contributed by atoms with Crippen molar-refractivity contribution in [1.82, 2.24) is 20.2 Å². The van der Waals surface area contributed by atoms with E-state index in [1.165, 1.54) is 12.4 Å². The number of nitrogens with zero attached hydrogens (tertiary/aromatic N) is 4. The Morgan fingerprint density at radius 3 is 2.79 bits per heavy atom. The molecule has 9 heteroatoms. The molecular weight excluding hydrogens is 365 g/mol. The Bertz CT molecular complexity index is 993. The summed E-state index contributed by atoms with van der Waals surface area (Å²) in [5, 5.41) is 17.9. The van der Waals surface area contributed by atoms with Crippen molar-refractivity contribution in [2.75, 3.05) is 25.1 Å². The maximum absolute atomic E-state index is 14.2. The molecule has 0 unspecified atom stereocenters. The number of halogens is 1. The lowest BCUT2D eigenvalue weighted by Crippen LogP contribution is -2.25. The zero-order valence-corrected chi connectivity index (χ0v) is 15.9. The molecule has 3 aromatic rings. The van der Waals surface area contributed by atoms with Crippen LogP contribution in [0.3, 0.4) is 0 Å². The molecule has 0 aliphatic carbocycles. The van der Waals surface area contributed by atoms with Gasteiger partial charge >= 0.3 is 0 Å². The van der Waals surface area contributed by atoms with Crippen LogP contribution in [0, 0.1) is 5.82 Å². The van der Waals surface area contributed by atoms with Crippen molar-refractivity contribution in [1.29, 1.82) is 0 Å². The van der Waals surface area contributed by atoms with Crippen LogP contribution >= 0.6 is 0 Å². The van der Waals surface area contributed by atoms with Crippen LogP contribution < -0.4 is 9.64 Å². The number of benzene rings is 1. The van der Waals surface area contributed by atoms with Crippen LogP contribution in [0.2, 0.25) is 0 Å². The minimum Gasteiger partial charge on any atom is -0.488 e. The first-order valence-electron chi connectivity index (χ1n) is 9.08. The average molecular weight is 387 g/mol. The van der Waals surface area contributed by atoms with Crippen molar-refractivity contribution in [3.63, 3.8) is 0 Å². The average Bonchev–Trinajstić information content (AvgIpc) is 3.24. The molecule has 1 aromatic carbocycles. The first-order chi connectivity index (χ1) is 13.5. The first kappa shape index (κ1) is 18.6. The third-order valence-electron chi connectivity index (χ3n) is 4.74. The van der Waals surface area contributed by atoms with Crippen LogP contribution in [0.5, 0.6) is 5.75 Å². The van der Waals surface area contributed by atoms with Crippen LogP contribution in [0.1, 0.15) is 13.8 Å². The largest absolute Gasteiger partial charge is 0.488 e. The highest BCUT2D eigenvalue weighted by Gasteiger charge is 2.32. The molecule has 0 amide bonds. The molecule has 0 saturated carbocycles. The number of hydrogen-bond donors (Lipinski definition) is 2. The van der Waals surface area contributed by atoms with E-state index < -0.39 is 11.9 Å². The fourth-order valence-corrected chi connectivity index (χ4v) is 3.38. The minimum atomic E-state index is -0.576. The van der Waals surface area contributed by atoms with Gasteiger partial charge in [0, 0.05) is 37.7 Å². The number of anilines is 1. The number of ether oxygens (including phenoxy) is 2. The molecule has 2 N–H and O–H groups in total. The molecular formula is C19H22FN5O3. The summed E-state index contributed by atoms with van der Waals surface area (Å²) >= 11 is 0. The van der Waals surface area contributed by atoms with Gasteiger partial charge in [0.2, 0.25) is 0 Å². The normalized spacial score (nSPS) is 19.7. The molecule has 2 atom stereocenters. The zero-order valence-electron chi connectivity index (χ0n) is 15.9. The maximum Gasteiger partial charge on any atom is 0.167 e. The van der Waals surface area contributed by atoms with Crippen molar-refractivity contribution in [3.05, 3.63) is 30.3 Å². The van der Waals surface area contributed by atoms with E-state index in [0.29, 0.717) is 41.2 Å². The Kier molecular flexibility index (Phi) is 4.86. The highest BCUT2D eigenvalue weighted by molar-refractivity contribution is 5.93. The zero-order chi connectivity index (χ0) is 19.8. The molecule has 1 aliphatic rings. The molecule has 3 heterocycles. The highest BCUT2D eigenvalue weighted by Crippen LogP contribution is 2.32. The van der Waals surface area contributed by atoms with Crippen molar-refractivity contribution in [2.24, 2.45) is 0 Å². The second-order valence-corrected chi connectivity index (χ2v) is 7.07. The molecule has 1 fully saturated rings. The van der Waals surface area contributed by atoms with Gasteiger partial charge in [-0.25, -0.2) is 14.4 Å². The second-order valence-electron chi connectivity index (χ2n) is 7.07. The van der Waals surface area contributed by atoms with Crippen molar-refractivity contribution in [2.45, 2.75) is 32.2 Å². The lowest BCUT2D eigenvalue weighted by molar-refractivity contribution is 0.0217. The minimum absolute atomic E-state index is 0.150. The van der Waals surface area contributed by atoms with Gasteiger partial charge in [-0.1, -0.05) is 0 Å². The fourth-order valence-electron chi connectivity index (χ4n) is 3.38. The predicted octanol–water partition coefficient (Wildman–Crippen LogP) is 2.14. The van der Waals surface area contributed by atoms with Gasteiger partial charge in [0.15, 0.2) is 11.6 Å². The Morgan fingerprint density at radius 2 is 2.07 bits per heavy atom. The topological polar surface area (TPSA) is 96.4 Å². The number of aromatic nitrogens is 4. The van der Waals surface area contributed by atoms with E-state index in [4.69, 9.17) is 9.47 Å². The number of aliphatic hydroxyl groups excluding tert-OH is 1. The molecule has 2 aromatic heterocycles. The molecule has 1 aliphatic heterocycles. The van der Waals surface area contributed by atoms with E-state index in [1.807, 2.05) is 18.7 Å². The fraction of sp³-hybridized carbons (Fsp3) is 0.421. The van der Waals surface area contributed by atoms with Crippen LogP contribution in [-0.4, -0.2) is 63.8 Å². The number of aliphatic hydroxyl groups is 1. The molecule has 8 nitrogen and oxygen atoms in total. The van der Waals surface area contributed by atoms with E-state index >= 15 is 0 Å². The molecule has 4 rings (SSSR count). The number of methoxy groups -OCH3 is 1. The van der Waals surface area contributed by atoms with E-state index in [9.17, 15) is 9.50 Å². The summed E-state index contributed by atoms with van der Waals surface area (Å²) in [6, 6.07) is 4.80. The lowest BCUT2D eigenvalue weighted by atomic mass is 10.1. The van der Waals surface area contributed by atoms with Crippen LogP contribution in [-0.2, 0) is 4.74 Å². The van der Waals surface area contributed by atoms with E-state index in [0.717, 1.165) is 0 Å². The summed E-state index contributed by atoms with van der Waals surface area (Å²) in [5.74, 6) is 0.391. The number of aromatic amines is 1. The van der Waals surface area contributed by atoms with Gasteiger partial charge in [0.25, 0.3) is 0 Å². The standard InChI is InChI=1S/C19H22FN5O3/c1-10(2)28-16-4-11-13(5-12(16)20)23-24-19(11)14-6-18(22-9-21-14)25-7-15(26)17(8-25)27-3/h4-6,9-10,15,17,26H,7-8H2,1-3H3,(H,23,24)/t15-,17-/m0/s1. The molecule has 0 bridgehead atoms. The summed E-state index contributed by atoms with van der Waals surface area (Å²) in [4.78, 5) is 10.6. The molecule has 0 spiro atoms. The lowest BCUT2D eigenvalue weighted by Gasteiger charge is -2.16. The van der Waals surface area contributed by atoms with Crippen molar-refractivity contribution >= 4 is 16.7 Å². The number of H-pyrrole nitrogens is 1. The predicted molar refractivity (Wildman–Crippen MR) is 102 cm³/mol. The summed E-state index contributed by atoms with van der Waals surface area (Å²) in [6.45, 7) is 4.64. The van der Waals surface area contributed by atoms with E-state index in [-0.39, 0.29) is 18.0 Å². The molecule has 1 saturated heterocycles. The summed E-state index contributed by atoms with van der Waals surface area (Å²) in [7, 11) is 1.58. The van der Waals surface area contributed by atoms with Gasteiger partial charge in [-0.15, -0.1) is 0 Å². The number of hydrogen-bond acceptors (Lipinski definition) is 7. The third kappa shape index (κ3) is 3.38. The smallest absolute Gasteiger partial charge is 0.167 e. The van der Waals surface area contributed by atoms with Gasteiger partial charge in [-0.2, -0.15) is 5.10 Å². The van der Waals surface area contributed by atoms with Gasteiger partial charge in [0.05, 0.1) is 23.4 Å². The van der Waals surface area contributed by atoms with Crippen LogP contribution in [0.4, 0.5) is 10.2 Å². The van der Waals surface area contributed by atoms with Gasteiger partial charge in [0.1, 0.15) is 23.9 Å². The summed E-state index contributed by atoms with van der Waals surface area (Å²) in [5.41, 5.74) is 1.73. The van der Waals surface area contributed by atoms with Crippen molar-refractivity contribution in [3.8, 4) is 17.1 Å². The SMILES string of the molecule is CO[C@H]1CN(c2cc(-c3n[nH]c4cc(F)c(OC(C)C)cc34)ncn2)C[C@@H]1O. The Morgan fingerprint density at radius 1 is 1.25 bits per heavy atom. The number of nitrogens with one attached hydrogen (secondary N) is 1. The number of β-amino-alcohol motifs (C(OH)–C–C–N with tert-alkyl or cyclic N) is 1. The van der Waals surface area contributed by atoms with Gasteiger partial charge in [-0.05, 0) is 19.9 Å². The molecule has 0 radical (unpaired) electrons. The Balaban J connectivity index is 1.70. The van der Waals surface area contributed by atoms with Crippen LogP contribution in [0.25, 0.3) is 22.3 Å². The number of fused-ring (bicyclic) bond motifs is 1. The van der Waals surface area contributed by atoms with Crippen molar-refractivity contribution < 1.29 is 19.0 Å². The quantitative estimate of drug-likeness (QED) is 0.692. The Hall–Kier alpha value is -2.78. The number of rotatable bonds is 5. The summed E-state index contributed by atoms with van der Waals surface area (Å²) < 4.78 is 25.1. The molecule has 28 heavy (non-hydrogen) atoms. The summed E-state index contributed by atoms with van der Waals surface area (Å²) in [6.07, 6.45) is 0.465. The van der Waals surface area contributed by atoms with Crippen LogP contribution in [0.15, 0.2) is 24.5 Å². The van der Waals surface area contributed by atoms with E-state index in [2.05, 4.69) is 20.2 Å². The first-order valence-corrected chi connectivity index (χ1v) is 9.08. The van der Waals surface area contributed by atoms with Gasteiger partial charge < -0.3 is 19.5 Å². The second kappa shape index (κ2) is 7.33. The van der Waals surface area contributed by atoms with E-state index in [1.54, 1.807) is 19.2 Å². The maximum atomic E-state index is 14.2. The third-order valence-corrected chi connectivity index (χ3v) is 4.74.